The number of methoxy groups -OCH3 is 1. The Morgan fingerprint density at radius 2 is 2.00 bits per heavy atom. The largest absolute Gasteiger partial charge is 0.497 e. The molecule has 1 aromatic rings. The van der Waals surface area contributed by atoms with Crippen LogP contribution in [0.4, 0.5) is 0 Å². The molecule has 2 nitrogen and oxygen atoms in total. The van der Waals surface area contributed by atoms with Crippen molar-refractivity contribution < 1.29 is 4.74 Å². The predicted molar refractivity (Wildman–Crippen MR) is 79.0 cm³/mol. The molecule has 0 radical (unpaired) electrons. The highest BCUT2D eigenvalue weighted by Gasteiger charge is 2.31. The van der Waals surface area contributed by atoms with E-state index in [-0.39, 0.29) is 0 Å². The number of hydrogen-bond donors (Lipinski definition) is 1. The fourth-order valence-electron chi connectivity index (χ4n) is 2.97. The van der Waals surface area contributed by atoms with E-state index < -0.39 is 0 Å². The van der Waals surface area contributed by atoms with Crippen molar-refractivity contribution in [2.24, 2.45) is 11.1 Å². The highest BCUT2D eigenvalue weighted by molar-refractivity contribution is 9.10. The number of halogens is 1. The fourth-order valence-corrected chi connectivity index (χ4v) is 3.36. The Kier molecular flexibility index (Phi) is 4.68. The smallest absolute Gasteiger partial charge is 0.119 e. The van der Waals surface area contributed by atoms with Gasteiger partial charge in [-0.3, -0.25) is 0 Å². The third kappa shape index (κ3) is 3.07. The normalized spacial score (nSPS) is 18.6. The molecule has 0 heterocycles. The molecular formula is C15H22BrNO. The summed E-state index contributed by atoms with van der Waals surface area (Å²) in [5.41, 5.74) is 7.68. The van der Waals surface area contributed by atoms with Gasteiger partial charge in [0.25, 0.3) is 0 Å². The van der Waals surface area contributed by atoms with Crippen LogP contribution >= 0.6 is 15.9 Å². The summed E-state index contributed by atoms with van der Waals surface area (Å²) in [4.78, 5) is 0. The van der Waals surface area contributed by atoms with Gasteiger partial charge in [0.1, 0.15) is 5.75 Å². The molecule has 18 heavy (non-hydrogen) atoms. The standard InChI is InChI=1S/C15H22BrNO/c1-18-13-5-6-14(16)12(9-13)10-15(11-17)7-3-2-4-8-15/h5-6,9H,2-4,7-8,10-11,17H2,1H3. The molecule has 0 bridgehead atoms. The van der Waals surface area contributed by atoms with Crippen LogP contribution in [0.1, 0.15) is 37.7 Å². The van der Waals surface area contributed by atoms with E-state index in [1.807, 2.05) is 6.07 Å². The topological polar surface area (TPSA) is 35.2 Å². The van der Waals surface area contributed by atoms with Crippen LogP contribution < -0.4 is 10.5 Å². The molecule has 0 aliphatic heterocycles. The molecule has 0 aromatic heterocycles. The molecule has 3 heteroatoms. The van der Waals surface area contributed by atoms with Crippen LogP contribution in [0, 0.1) is 5.41 Å². The van der Waals surface area contributed by atoms with E-state index in [9.17, 15) is 0 Å². The van der Waals surface area contributed by atoms with Crippen molar-refractivity contribution in [3.05, 3.63) is 28.2 Å². The van der Waals surface area contributed by atoms with Crippen molar-refractivity contribution in [1.29, 1.82) is 0 Å². The summed E-state index contributed by atoms with van der Waals surface area (Å²) in [5, 5.41) is 0. The summed E-state index contributed by atoms with van der Waals surface area (Å²) in [6.07, 6.45) is 7.57. The van der Waals surface area contributed by atoms with Gasteiger partial charge >= 0.3 is 0 Å². The number of rotatable bonds is 4. The first-order valence-electron chi connectivity index (χ1n) is 6.72. The third-order valence-corrected chi connectivity index (χ3v) is 4.94. The molecule has 0 saturated heterocycles. The lowest BCUT2D eigenvalue weighted by atomic mass is 9.70. The monoisotopic (exact) mass is 311 g/mol. The van der Waals surface area contributed by atoms with Crippen molar-refractivity contribution >= 4 is 15.9 Å². The lowest BCUT2D eigenvalue weighted by molar-refractivity contribution is 0.197. The van der Waals surface area contributed by atoms with Crippen molar-refractivity contribution in [2.45, 2.75) is 38.5 Å². The van der Waals surface area contributed by atoms with Gasteiger partial charge < -0.3 is 10.5 Å². The molecule has 1 fully saturated rings. The zero-order chi connectivity index (χ0) is 13.0. The van der Waals surface area contributed by atoms with E-state index in [4.69, 9.17) is 10.5 Å². The van der Waals surface area contributed by atoms with Crippen LogP contribution in [-0.4, -0.2) is 13.7 Å². The van der Waals surface area contributed by atoms with Gasteiger partial charge in [0.15, 0.2) is 0 Å². The Morgan fingerprint density at radius 1 is 1.28 bits per heavy atom. The second-order valence-corrected chi connectivity index (χ2v) is 6.25. The number of benzene rings is 1. The van der Waals surface area contributed by atoms with Crippen LogP contribution in [0.2, 0.25) is 0 Å². The molecule has 100 valence electrons. The molecule has 1 aliphatic rings. The molecule has 0 amide bonds. The maximum Gasteiger partial charge on any atom is 0.119 e. The lowest BCUT2D eigenvalue weighted by Crippen LogP contribution is -2.35. The van der Waals surface area contributed by atoms with Crippen LogP contribution in [0.5, 0.6) is 5.75 Å². The molecule has 1 saturated carbocycles. The highest BCUT2D eigenvalue weighted by Crippen LogP contribution is 2.40. The van der Waals surface area contributed by atoms with E-state index >= 15 is 0 Å². The second kappa shape index (κ2) is 6.07. The van der Waals surface area contributed by atoms with Crippen LogP contribution in [0.3, 0.4) is 0 Å². The molecule has 2 N–H and O–H groups in total. The van der Waals surface area contributed by atoms with Crippen LogP contribution in [0.15, 0.2) is 22.7 Å². The average Bonchev–Trinajstić information content (AvgIpc) is 2.42. The Hall–Kier alpha value is -0.540. The first kappa shape index (κ1) is 13.9. The number of hydrogen-bond acceptors (Lipinski definition) is 2. The minimum absolute atomic E-state index is 0.299. The van der Waals surface area contributed by atoms with Crippen molar-refractivity contribution in [1.82, 2.24) is 0 Å². The first-order valence-corrected chi connectivity index (χ1v) is 7.51. The van der Waals surface area contributed by atoms with Gasteiger partial charge in [0.2, 0.25) is 0 Å². The Bertz CT molecular complexity index is 399. The quantitative estimate of drug-likeness (QED) is 0.915. The molecule has 0 spiro atoms. The second-order valence-electron chi connectivity index (χ2n) is 5.40. The minimum atomic E-state index is 0.299. The molecule has 1 aromatic carbocycles. The van der Waals surface area contributed by atoms with Gasteiger partial charge in [-0.25, -0.2) is 0 Å². The average molecular weight is 312 g/mol. The summed E-state index contributed by atoms with van der Waals surface area (Å²) in [6, 6.07) is 6.20. The van der Waals surface area contributed by atoms with Crippen LogP contribution in [-0.2, 0) is 6.42 Å². The highest BCUT2D eigenvalue weighted by atomic mass is 79.9. The maximum absolute atomic E-state index is 6.06. The molecule has 2 rings (SSSR count). The van der Waals surface area contributed by atoms with Gasteiger partial charge in [-0.05, 0) is 55.0 Å². The van der Waals surface area contributed by atoms with E-state index in [1.165, 1.54) is 42.1 Å². The van der Waals surface area contributed by atoms with E-state index in [1.54, 1.807) is 7.11 Å². The van der Waals surface area contributed by atoms with E-state index in [0.29, 0.717) is 5.41 Å². The van der Waals surface area contributed by atoms with Gasteiger partial charge in [0.05, 0.1) is 7.11 Å². The Balaban J connectivity index is 2.20. The van der Waals surface area contributed by atoms with E-state index in [0.717, 1.165) is 18.7 Å². The first-order chi connectivity index (χ1) is 8.69. The Morgan fingerprint density at radius 3 is 2.61 bits per heavy atom. The number of ether oxygens (including phenoxy) is 1. The summed E-state index contributed by atoms with van der Waals surface area (Å²) < 4.78 is 6.48. The predicted octanol–water partition coefficient (Wildman–Crippen LogP) is 3.91. The zero-order valence-corrected chi connectivity index (χ0v) is 12.6. The molecule has 0 unspecified atom stereocenters. The van der Waals surface area contributed by atoms with Crippen molar-refractivity contribution in [2.75, 3.05) is 13.7 Å². The third-order valence-electron chi connectivity index (χ3n) is 4.17. The van der Waals surface area contributed by atoms with Gasteiger partial charge in [-0.2, -0.15) is 0 Å². The van der Waals surface area contributed by atoms with Gasteiger partial charge in [-0.15, -0.1) is 0 Å². The summed E-state index contributed by atoms with van der Waals surface area (Å²) >= 11 is 3.64. The SMILES string of the molecule is COc1ccc(Br)c(CC2(CN)CCCCC2)c1. The number of nitrogens with two attached hydrogens (primary N) is 1. The fraction of sp³-hybridized carbons (Fsp3) is 0.600. The lowest BCUT2D eigenvalue weighted by Gasteiger charge is -2.36. The maximum atomic E-state index is 6.06. The zero-order valence-electron chi connectivity index (χ0n) is 11.0. The van der Waals surface area contributed by atoms with Crippen LogP contribution in [0.25, 0.3) is 0 Å². The summed E-state index contributed by atoms with van der Waals surface area (Å²) in [7, 11) is 1.71. The van der Waals surface area contributed by atoms with Crippen molar-refractivity contribution in [3.8, 4) is 5.75 Å². The van der Waals surface area contributed by atoms with Crippen molar-refractivity contribution in [3.63, 3.8) is 0 Å². The van der Waals surface area contributed by atoms with E-state index in [2.05, 4.69) is 28.1 Å². The Labute approximate surface area is 118 Å². The minimum Gasteiger partial charge on any atom is -0.497 e. The molecule has 0 atom stereocenters. The summed E-state index contributed by atoms with van der Waals surface area (Å²) in [5.74, 6) is 0.927. The summed E-state index contributed by atoms with van der Waals surface area (Å²) in [6.45, 7) is 0.788. The molecular weight excluding hydrogens is 290 g/mol. The molecule has 1 aliphatic carbocycles. The van der Waals surface area contributed by atoms with Gasteiger partial charge in [0, 0.05) is 4.47 Å². The van der Waals surface area contributed by atoms with Gasteiger partial charge in [-0.1, -0.05) is 35.2 Å².